The fourth-order valence-corrected chi connectivity index (χ4v) is 3.50. The highest BCUT2D eigenvalue weighted by atomic mass is 16.6. The van der Waals surface area contributed by atoms with Crippen LogP contribution in [0.3, 0.4) is 0 Å². The van der Waals surface area contributed by atoms with Gasteiger partial charge in [0.1, 0.15) is 6.61 Å². The van der Waals surface area contributed by atoms with Crippen molar-refractivity contribution in [3.63, 3.8) is 0 Å². The third-order valence-electron chi connectivity index (χ3n) is 5.32. The standard InChI is InChI=1S/C14H18N2O4.C11H22/c17-14(15-12-7-2-1-3-8-12)20-10-11-6-4-5-9-13(11)16(18)19;1-3-5-7-9-11-10-8-6-4-2/h4-6,9,12H,1-3,7-8,10H2,(H,15,17);7,9H,3-6,8,10-11H2,1-2H3. The van der Waals surface area contributed by atoms with Gasteiger partial charge in [-0.1, -0.05) is 83.1 Å². The Kier molecular flexibility index (Phi) is 14.9. The minimum Gasteiger partial charge on any atom is -0.444 e. The fraction of sp³-hybridized carbons (Fsp3) is 0.640. The third kappa shape index (κ3) is 12.8. The number of hydrogen-bond donors (Lipinski definition) is 1. The molecule has 1 amide bonds. The molecule has 6 heteroatoms. The van der Waals surface area contributed by atoms with E-state index in [2.05, 4.69) is 31.3 Å². The summed E-state index contributed by atoms with van der Waals surface area (Å²) >= 11 is 0. The van der Waals surface area contributed by atoms with Gasteiger partial charge in [-0.25, -0.2) is 4.79 Å². The quantitative estimate of drug-likeness (QED) is 0.170. The van der Waals surface area contributed by atoms with Gasteiger partial charge < -0.3 is 10.1 Å². The Balaban J connectivity index is 0.000000373. The van der Waals surface area contributed by atoms with Crippen LogP contribution in [0.5, 0.6) is 0 Å². The summed E-state index contributed by atoms with van der Waals surface area (Å²) in [5, 5.41) is 13.6. The van der Waals surface area contributed by atoms with Crippen LogP contribution in [-0.2, 0) is 11.3 Å². The first-order chi connectivity index (χ1) is 15.1. The van der Waals surface area contributed by atoms with Gasteiger partial charge in [-0.2, -0.15) is 0 Å². The van der Waals surface area contributed by atoms with E-state index in [0.29, 0.717) is 5.56 Å². The predicted octanol–water partition coefficient (Wildman–Crippen LogP) is 7.47. The van der Waals surface area contributed by atoms with Crippen molar-refractivity contribution >= 4 is 11.8 Å². The molecule has 1 aromatic rings. The van der Waals surface area contributed by atoms with E-state index in [1.807, 2.05) is 0 Å². The number of nitro groups is 1. The lowest BCUT2D eigenvalue weighted by molar-refractivity contribution is -0.385. The highest BCUT2D eigenvalue weighted by molar-refractivity contribution is 5.67. The van der Waals surface area contributed by atoms with E-state index in [4.69, 9.17) is 4.74 Å². The summed E-state index contributed by atoms with van der Waals surface area (Å²) in [4.78, 5) is 22.0. The van der Waals surface area contributed by atoms with Gasteiger partial charge >= 0.3 is 6.09 Å². The van der Waals surface area contributed by atoms with Crippen molar-refractivity contribution in [2.24, 2.45) is 0 Å². The molecule has 1 aliphatic carbocycles. The highest BCUT2D eigenvalue weighted by Gasteiger charge is 2.18. The molecule has 0 spiro atoms. The Labute approximate surface area is 187 Å². The molecule has 1 aromatic carbocycles. The number of para-hydroxylation sites is 1. The van der Waals surface area contributed by atoms with Gasteiger partial charge in [-0.15, -0.1) is 0 Å². The van der Waals surface area contributed by atoms with Crippen LogP contribution in [-0.4, -0.2) is 17.1 Å². The first-order valence-electron chi connectivity index (χ1n) is 11.9. The zero-order valence-corrected chi connectivity index (χ0v) is 19.3. The largest absolute Gasteiger partial charge is 0.444 e. The van der Waals surface area contributed by atoms with Crippen LogP contribution in [0.4, 0.5) is 10.5 Å². The van der Waals surface area contributed by atoms with Crippen molar-refractivity contribution in [1.82, 2.24) is 5.32 Å². The Hall–Kier alpha value is -2.37. The van der Waals surface area contributed by atoms with Crippen molar-refractivity contribution in [2.45, 2.75) is 104 Å². The number of nitrogens with zero attached hydrogens (tertiary/aromatic N) is 1. The van der Waals surface area contributed by atoms with Crippen LogP contribution in [0, 0.1) is 10.1 Å². The first-order valence-corrected chi connectivity index (χ1v) is 11.9. The van der Waals surface area contributed by atoms with Crippen molar-refractivity contribution in [2.75, 3.05) is 0 Å². The Morgan fingerprint density at radius 1 is 1.06 bits per heavy atom. The molecule has 1 saturated carbocycles. The lowest BCUT2D eigenvalue weighted by atomic mass is 9.96. The van der Waals surface area contributed by atoms with E-state index in [1.54, 1.807) is 18.2 Å². The number of rotatable bonds is 11. The summed E-state index contributed by atoms with van der Waals surface area (Å²) in [6, 6.07) is 6.43. The molecule has 0 aromatic heterocycles. The number of carbonyl (C=O) groups excluding carboxylic acids is 1. The van der Waals surface area contributed by atoms with Crippen molar-refractivity contribution in [1.29, 1.82) is 0 Å². The zero-order chi connectivity index (χ0) is 22.7. The number of hydrogen-bond acceptors (Lipinski definition) is 4. The second-order valence-electron chi connectivity index (χ2n) is 8.05. The molecular formula is C25H40N2O4. The molecule has 0 bridgehead atoms. The fourth-order valence-electron chi connectivity index (χ4n) is 3.50. The third-order valence-corrected chi connectivity index (χ3v) is 5.32. The summed E-state index contributed by atoms with van der Waals surface area (Å²) < 4.78 is 5.07. The van der Waals surface area contributed by atoms with Gasteiger partial charge in [0.05, 0.1) is 10.5 Å². The monoisotopic (exact) mass is 432 g/mol. The Bertz CT molecular complexity index is 655. The number of amides is 1. The Morgan fingerprint density at radius 3 is 2.45 bits per heavy atom. The maximum Gasteiger partial charge on any atom is 0.407 e. The van der Waals surface area contributed by atoms with E-state index < -0.39 is 11.0 Å². The number of nitrogens with one attached hydrogen (secondary N) is 1. The SMILES string of the molecule is CCCC=CCCCCCC.O=C(NC1CCCCC1)OCc1ccccc1[N+](=O)[O-]. The number of benzene rings is 1. The molecular weight excluding hydrogens is 392 g/mol. The maximum atomic E-state index is 11.7. The number of allylic oxidation sites excluding steroid dienone is 2. The molecule has 2 rings (SSSR count). The Morgan fingerprint density at radius 2 is 1.77 bits per heavy atom. The molecule has 0 heterocycles. The van der Waals surface area contributed by atoms with Gasteiger partial charge in [-0.3, -0.25) is 10.1 Å². The molecule has 1 fully saturated rings. The molecule has 1 N–H and O–H groups in total. The molecule has 0 aliphatic heterocycles. The number of carbonyl (C=O) groups is 1. The van der Waals surface area contributed by atoms with Crippen LogP contribution in [0.2, 0.25) is 0 Å². The van der Waals surface area contributed by atoms with E-state index >= 15 is 0 Å². The van der Waals surface area contributed by atoms with E-state index in [0.717, 1.165) is 25.7 Å². The topological polar surface area (TPSA) is 81.5 Å². The normalized spacial score (nSPS) is 14.0. The molecule has 174 valence electrons. The van der Waals surface area contributed by atoms with Crippen molar-refractivity contribution < 1.29 is 14.5 Å². The van der Waals surface area contributed by atoms with Crippen LogP contribution in [0.1, 0.15) is 96.5 Å². The number of unbranched alkanes of at least 4 members (excludes halogenated alkanes) is 5. The molecule has 0 atom stereocenters. The summed E-state index contributed by atoms with van der Waals surface area (Å²) in [5.41, 5.74) is 0.370. The molecule has 0 unspecified atom stereocenters. The van der Waals surface area contributed by atoms with Gasteiger partial charge in [0, 0.05) is 12.1 Å². The summed E-state index contributed by atoms with van der Waals surface area (Å²) in [5.74, 6) is 0. The number of ether oxygens (including phenoxy) is 1. The second-order valence-corrected chi connectivity index (χ2v) is 8.05. The lowest BCUT2D eigenvalue weighted by Gasteiger charge is -2.22. The first kappa shape index (κ1) is 26.7. The second kappa shape index (κ2) is 17.3. The smallest absolute Gasteiger partial charge is 0.407 e. The number of nitro benzene ring substituents is 1. The summed E-state index contributed by atoms with van der Waals surface area (Å²) in [6.45, 7) is 4.39. The van der Waals surface area contributed by atoms with E-state index in [9.17, 15) is 14.9 Å². The van der Waals surface area contributed by atoms with Gasteiger partial charge in [0.2, 0.25) is 0 Å². The lowest BCUT2D eigenvalue weighted by Crippen LogP contribution is -2.36. The van der Waals surface area contributed by atoms with Crippen molar-refractivity contribution in [3.8, 4) is 0 Å². The molecule has 0 radical (unpaired) electrons. The highest BCUT2D eigenvalue weighted by Crippen LogP contribution is 2.19. The van der Waals surface area contributed by atoms with E-state index in [-0.39, 0.29) is 18.3 Å². The molecule has 0 saturated heterocycles. The average Bonchev–Trinajstić information content (AvgIpc) is 2.78. The minimum absolute atomic E-state index is 0.0297. The predicted molar refractivity (Wildman–Crippen MR) is 126 cm³/mol. The van der Waals surface area contributed by atoms with Gasteiger partial charge in [-0.05, 0) is 38.2 Å². The van der Waals surface area contributed by atoms with Crippen LogP contribution < -0.4 is 5.32 Å². The maximum absolute atomic E-state index is 11.7. The van der Waals surface area contributed by atoms with Crippen LogP contribution in [0.25, 0.3) is 0 Å². The van der Waals surface area contributed by atoms with Crippen LogP contribution >= 0.6 is 0 Å². The summed E-state index contributed by atoms with van der Waals surface area (Å²) in [7, 11) is 0. The summed E-state index contributed by atoms with van der Waals surface area (Å²) in [6.07, 6.45) is 18.9. The number of alkyl carbamates (subject to hydrolysis) is 1. The van der Waals surface area contributed by atoms with Gasteiger partial charge in [0.25, 0.3) is 5.69 Å². The van der Waals surface area contributed by atoms with Crippen molar-refractivity contribution in [3.05, 3.63) is 52.1 Å². The zero-order valence-electron chi connectivity index (χ0n) is 19.3. The van der Waals surface area contributed by atoms with Crippen LogP contribution in [0.15, 0.2) is 36.4 Å². The molecule has 31 heavy (non-hydrogen) atoms. The average molecular weight is 433 g/mol. The molecule has 6 nitrogen and oxygen atoms in total. The molecule has 1 aliphatic rings. The van der Waals surface area contributed by atoms with Gasteiger partial charge in [0.15, 0.2) is 0 Å². The minimum atomic E-state index is -0.505. The van der Waals surface area contributed by atoms with E-state index in [1.165, 1.54) is 57.4 Å².